The van der Waals surface area contributed by atoms with Crippen molar-refractivity contribution in [3.05, 3.63) is 11.8 Å². The van der Waals surface area contributed by atoms with Gasteiger partial charge in [0.2, 0.25) is 5.89 Å². The van der Waals surface area contributed by atoms with Gasteiger partial charge in [-0.05, 0) is 13.3 Å². The second-order valence-corrected chi connectivity index (χ2v) is 6.50. The first-order valence-corrected chi connectivity index (χ1v) is 7.56. The standard InChI is InChI=1S/C10H15N3O4S/c1-3-13(8-4-5-18(15,16)6-8)10(14)9-12-11-7(2)17-9/h8H,3-6H2,1-2H3. The highest BCUT2D eigenvalue weighted by molar-refractivity contribution is 7.91. The highest BCUT2D eigenvalue weighted by Gasteiger charge is 2.35. The van der Waals surface area contributed by atoms with Crippen LogP contribution in [0.25, 0.3) is 0 Å². The van der Waals surface area contributed by atoms with E-state index >= 15 is 0 Å². The van der Waals surface area contributed by atoms with E-state index in [1.165, 1.54) is 4.90 Å². The molecule has 0 aliphatic carbocycles. The molecule has 1 unspecified atom stereocenters. The Labute approximate surface area is 105 Å². The predicted octanol–water partition coefficient (Wildman–Crippen LogP) is 0.0272. The molecular weight excluding hydrogens is 258 g/mol. The van der Waals surface area contributed by atoms with Gasteiger partial charge in [0.1, 0.15) is 0 Å². The second-order valence-electron chi connectivity index (χ2n) is 4.27. The van der Waals surface area contributed by atoms with Gasteiger partial charge in [0.05, 0.1) is 11.5 Å². The first kappa shape index (κ1) is 13.0. The van der Waals surface area contributed by atoms with Crippen LogP contribution in [0.15, 0.2) is 4.42 Å². The summed E-state index contributed by atoms with van der Waals surface area (Å²) < 4.78 is 27.9. The van der Waals surface area contributed by atoms with Crippen LogP contribution in [0.2, 0.25) is 0 Å². The summed E-state index contributed by atoms with van der Waals surface area (Å²) >= 11 is 0. The number of carbonyl (C=O) groups excluding carboxylic acids is 1. The van der Waals surface area contributed by atoms with Crippen molar-refractivity contribution in [1.82, 2.24) is 15.1 Å². The van der Waals surface area contributed by atoms with E-state index in [9.17, 15) is 13.2 Å². The summed E-state index contributed by atoms with van der Waals surface area (Å²) in [5, 5.41) is 7.26. The van der Waals surface area contributed by atoms with Gasteiger partial charge in [0.25, 0.3) is 0 Å². The molecule has 2 heterocycles. The number of amides is 1. The predicted molar refractivity (Wildman–Crippen MR) is 62.8 cm³/mol. The zero-order valence-electron chi connectivity index (χ0n) is 10.3. The summed E-state index contributed by atoms with van der Waals surface area (Å²) in [5.74, 6) is -0.0309. The van der Waals surface area contributed by atoms with Gasteiger partial charge in [-0.15, -0.1) is 10.2 Å². The number of hydrogen-bond donors (Lipinski definition) is 0. The SMILES string of the molecule is CCN(C(=O)c1nnc(C)o1)C1CCS(=O)(=O)C1. The molecule has 1 aromatic rings. The molecule has 1 aromatic heterocycles. The maximum absolute atomic E-state index is 12.1. The molecule has 1 fully saturated rings. The van der Waals surface area contributed by atoms with Crippen molar-refractivity contribution in [3.63, 3.8) is 0 Å². The van der Waals surface area contributed by atoms with Crippen LogP contribution in [0.1, 0.15) is 29.9 Å². The molecule has 7 nitrogen and oxygen atoms in total. The molecule has 18 heavy (non-hydrogen) atoms. The third-order valence-electron chi connectivity index (χ3n) is 2.96. The number of carbonyl (C=O) groups is 1. The average molecular weight is 273 g/mol. The molecule has 0 radical (unpaired) electrons. The van der Waals surface area contributed by atoms with E-state index in [-0.39, 0.29) is 23.4 Å². The summed E-state index contributed by atoms with van der Waals surface area (Å²) in [5.41, 5.74) is 0. The van der Waals surface area contributed by atoms with Crippen LogP contribution in [-0.4, -0.2) is 53.5 Å². The molecule has 0 spiro atoms. The maximum Gasteiger partial charge on any atom is 0.311 e. The number of aryl methyl sites for hydroxylation is 1. The quantitative estimate of drug-likeness (QED) is 0.771. The van der Waals surface area contributed by atoms with Crippen molar-refractivity contribution in [2.45, 2.75) is 26.3 Å². The Hall–Kier alpha value is -1.44. The highest BCUT2D eigenvalue weighted by atomic mass is 32.2. The van der Waals surface area contributed by atoms with Crippen molar-refractivity contribution >= 4 is 15.7 Å². The van der Waals surface area contributed by atoms with Crippen LogP contribution in [0.3, 0.4) is 0 Å². The van der Waals surface area contributed by atoms with Gasteiger partial charge in [-0.3, -0.25) is 4.79 Å². The Kier molecular flexibility index (Phi) is 3.38. The molecule has 0 bridgehead atoms. The van der Waals surface area contributed by atoms with Gasteiger partial charge in [-0.1, -0.05) is 0 Å². The van der Waals surface area contributed by atoms with Crippen LogP contribution < -0.4 is 0 Å². The average Bonchev–Trinajstić information content (AvgIpc) is 2.86. The van der Waals surface area contributed by atoms with Crippen molar-refractivity contribution in [3.8, 4) is 0 Å². The lowest BCUT2D eigenvalue weighted by Gasteiger charge is -2.25. The lowest BCUT2D eigenvalue weighted by Crippen LogP contribution is -2.41. The van der Waals surface area contributed by atoms with E-state index in [1.54, 1.807) is 13.8 Å². The minimum absolute atomic E-state index is 0.0136. The van der Waals surface area contributed by atoms with Gasteiger partial charge < -0.3 is 9.32 Å². The Bertz CT molecular complexity index is 551. The maximum atomic E-state index is 12.1. The molecule has 1 atom stereocenters. The van der Waals surface area contributed by atoms with E-state index in [1.807, 2.05) is 0 Å². The van der Waals surface area contributed by atoms with Gasteiger partial charge in [-0.2, -0.15) is 0 Å². The molecule has 1 saturated heterocycles. The van der Waals surface area contributed by atoms with Crippen molar-refractivity contribution in [2.24, 2.45) is 0 Å². The fourth-order valence-electron chi connectivity index (χ4n) is 2.09. The number of aromatic nitrogens is 2. The van der Waals surface area contributed by atoms with Crippen molar-refractivity contribution < 1.29 is 17.6 Å². The number of sulfone groups is 1. The van der Waals surface area contributed by atoms with Gasteiger partial charge in [0.15, 0.2) is 9.84 Å². The van der Waals surface area contributed by atoms with Crippen LogP contribution in [-0.2, 0) is 9.84 Å². The van der Waals surface area contributed by atoms with Gasteiger partial charge in [0, 0.05) is 19.5 Å². The smallest absolute Gasteiger partial charge is 0.311 e. The monoisotopic (exact) mass is 273 g/mol. The van der Waals surface area contributed by atoms with E-state index in [0.717, 1.165) is 0 Å². The first-order chi connectivity index (χ1) is 8.43. The molecular formula is C10H15N3O4S. The van der Waals surface area contributed by atoms with E-state index in [4.69, 9.17) is 4.42 Å². The van der Waals surface area contributed by atoms with Gasteiger partial charge in [-0.25, -0.2) is 8.42 Å². The second kappa shape index (κ2) is 4.68. The lowest BCUT2D eigenvalue weighted by molar-refractivity contribution is 0.0666. The molecule has 1 aliphatic rings. The van der Waals surface area contributed by atoms with E-state index in [2.05, 4.69) is 10.2 Å². The molecule has 2 rings (SSSR count). The summed E-state index contributed by atoms with van der Waals surface area (Å²) in [6.45, 7) is 3.81. The van der Waals surface area contributed by atoms with Crippen LogP contribution in [0.5, 0.6) is 0 Å². The van der Waals surface area contributed by atoms with E-state index in [0.29, 0.717) is 18.9 Å². The summed E-state index contributed by atoms with van der Waals surface area (Å²) in [6.07, 6.45) is 0.467. The fourth-order valence-corrected chi connectivity index (χ4v) is 3.83. The topological polar surface area (TPSA) is 93.4 Å². The normalized spacial score (nSPS) is 22.0. The number of nitrogens with zero attached hydrogens (tertiary/aromatic N) is 3. The summed E-state index contributed by atoms with van der Waals surface area (Å²) in [7, 11) is -3.02. The highest BCUT2D eigenvalue weighted by Crippen LogP contribution is 2.19. The Balaban J connectivity index is 2.17. The van der Waals surface area contributed by atoms with Crippen LogP contribution in [0, 0.1) is 6.92 Å². The minimum atomic E-state index is -3.02. The Morgan fingerprint density at radius 1 is 1.50 bits per heavy atom. The molecule has 0 aromatic carbocycles. The Morgan fingerprint density at radius 3 is 2.67 bits per heavy atom. The van der Waals surface area contributed by atoms with Crippen LogP contribution in [0.4, 0.5) is 0 Å². The molecule has 1 aliphatic heterocycles. The zero-order chi connectivity index (χ0) is 13.3. The van der Waals surface area contributed by atoms with Crippen LogP contribution >= 0.6 is 0 Å². The number of hydrogen-bond acceptors (Lipinski definition) is 6. The molecule has 8 heteroatoms. The Morgan fingerprint density at radius 2 is 2.22 bits per heavy atom. The third kappa shape index (κ3) is 2.53. The zero-order valence-corrected chi connectivity index (χ0v) is 11.1. The summed E-state index contributed by atoms with van der Waals surface area (Å²) in [6, 6.07) is -0.292. The largest absolute Gasteiger partial charge is 0.417 e. The molecule has 1 amide bonds. The van der Waals surface area contributed by atoms with E-state index < -0.39 is 15.7 Å². The molecule has 0 saturated carbocycles. The third-order valence-corrected chi connectivity index (χ3v) is 4.71. The van der Waals surface area contributed by atoms with Crippen molar-refractivity contribution in [1.29, 1.82) is 0 Å². The lowest BCUT2D eigenvalue weighted by atomic mass is 10.2. The minimum Gasteiger partial charge on any atom is -0.417 e. The molecule has 100 valence electrons. The van der Waals surface area contributed by atoms with Gasteiger partial charge >= 0.3 is 11.8 Å². The molecule has 0 N–H and O–H groups in total. The fraction of sp³-hybridized carbons (Fsp3) is 0.700. The summed E-state index contributed by atoms with van der Waals surface area (Å²) in [4.78, 5) is 13.6. The first-order valence-electron chi connectivity index (χ1n) is 5.74. The van der Waals surface area contributed by atoms with Crippen molar-refractivity contribution in [2.75, 3.05) is 18.1 Å². The number of rotatable bonds is 3.